The second-order valence-electron chi connectivity index (χ2n) is 7.82. The maximum Gasteiger partial charge on any atom is 0.338 e. The molecule has 1 aliphatic carbocycles. The van der Waals surface area contributed by atoms with Crippen molar-refractivity contribution in [2.75, 3.05) is 21.3 Å². The third kappa shape index (κ3) is 4.28. The number of esters is 1. The monoisotopic (exact) mass is 438 g/mol. The molecule has 0 amide bonds. The van der Waals surface area contributed by atoms with Crippen molar-refractivity contribution in [1.29, 1.82) is 0 Å². The van der Waals surface area contributed by atoms with Crippen molar-refractivity contribution < 1.29 is 33.3 Å². The SMILES string of the molecule is COc1cc(OC)cc(C(=O)OC2CCC3C(=O)C(c4ccccc4OC)=COC3C2)c1. The highest BCUT2D eigenvalue weighted by Crippen LogP contribution is 2.39. The van der Waals surface area contributed by atoms with Gasteiger partial charge in [-0.25, -0.2) is 4.79 Å². The van der Waals surface area contributed by atoms with Crippen LogP contribution in [-0.4, -0.2) is 45.3 Å². The molecule has 0 saturated heterocycles. The summed E-state index contributed by atoms with van der Waals surface area (Å²) in [5, 5.41) is 0. The van der Waals surface area contributed by atoms with Crippen LogP contribution in [0.3, 0.4) is 0 Å². The molecule has 0 bridgehead atoms. The molecular weight excluding hydrogens is 412 g/mol. The van der Waals surface area contributed by atoms with Crippen LogP contribution in [0.25, 0.3) is 5.57 Å². The van der Waals surface area contributed by atoms with Crippen LogP contribution in [0.4, 0.5) is 0 Å². The van der Waals surface area contributed by atoms with Gasteiger partial charge in [0.15, 0.2) is 5.78 Å². The zero-order valence-corrected chi connectivity index (χ0v) is 18.3. The van der Waals surface area contributed by atoms with Gasteiger partial charge in [-0.15, -0.1) is 0 Å². The first-order valence-corrected chi connectivity index (χ1v) is 10.5. The van der Waals surface area contributed by atoms with Crippen LogP contribution in [0.5, 0.6) is 17.2 Å². The number of hydrogen-bond acceptors (Lipinski definition) is 7. The molecule has 1 heterocycles. The molecule has 0 radical (unpaired) electrons. The molecule has 1 fully saturated rings. The Hall–Kier alpha value is -3.48. The molecule has 3 unspecified atom stereocenters. The first-order chi connectivity index (χ1) is 15.5. The standard InChI is InChI=1S/C25H26O7/c1-28-17-10-15(11-18(12-17)29-2)25(27)32-16-8-9-20-23(13-16)31-14-21(24(20)26)19-6-4-5-7-22(19)30-3/h4-7,10-12,14,16,20,23H,8-9,13H2,1-3H3. The Morgan fingerprint density at radius 1 is 0.969 bits per heavy atom. The summed E-state index contributed by atoms with van der Waals surface area (Å²) in [4.78, 5) is 25.9. The van der Waals surface area contributed by atoms with Crippen molar-refractivity contribution in [3.63, 3.8) is 0 Å². The van der Waals surface area contributed by atoms with E-state index in [0.29, 0.717) is 47.6 Å². The van der Waals surface area contributed by atoms with Gasteiger partial charge in [0.1, 0.15) is 29.5 Å². The molecule has 2 aromatic rings. The molecule has 2 aromatic carbocycles. The van der Waals surface area contributed by atoms with Crippen molar-refractivity contribution in [2.24, 2.45) is 5.92 Å². The summed E-state index contributed by atoms with van der Waals surface area (Å²) in [5.74, 6) is 0.953. The molecule has 168 valence electrons. The minimum atomic E-state index is -0.460. The number of ketones is 1. The third-order valence-corrected chi connectivity index (χ3v) is 5.96. The van der Waals surface area contributed by atoms with E-state index in [4.69, 9.17) is 23.7 Å². The lowest BCUT2D eigenvalue weighted by Gasteiger charge is -2.37. The Bertz CT molecular complexity index is 1020. The number of para-hydroxylation sites is 1. The molecule has 1 aliphatic heterocycles. The number of carbonyl (C=O) groups is 2. The predicted molar refractivity (Wildman–Crippen MR) is 117 cm³/mol. The van der Waals surface area contributed by atoms with E-state index in [1.807, 2.05) is 24.3 Å². The van der Waals surface area contributed by atoms with E-state index in [1.54, 1.807) is 25.3 Å². The van der Waals surface area contributed by atoms with Gasteiger partial charge in [0, 0.05) is 18.1 Å². The van der Waals surface area contributed by atoms with Gasteiger partial charge < -0.3 is 23.7 Å². The van der Waals surface area contributed by atoms with E-state index in [0.717, 1.165) is 5.56 Å². The molecule has 3 atom stereocenters. The fourth-order valence-electron chi connectivity index (χ4n) is 4.27. The zero-order valence-electron chi connectivity index (χ0n) is 18.3. The van der Waals surface area contributed by atoms with Crippen LogP contribution >= 0.6 is 0 Å². The number of Topliss-reactive ketones (excluding diaryl/α,β-unsaturated/α-hetero) is 1. The maximum absolute atomic E-state index is 13.2. The van der Waals surface area contributed by atoms with Gasteiger partial charge in [-0.05, 0) is 31.0 Å². The highest BCUT2D eigenvalue weighted by atomic mass is 16.5. The third-order valence-electron chi connectivity index (χ3n) is 5.96. The van der Waals surface area contributed by atoms with E-state index in [9.17, 15) is 9.59 Å². The summed E-state index contributed by atoms with van der Waals surface area (Å²) in [5.41, 5.74) is 1.59. The average molecular weight is 438 g/mol. The van der Waals surface area contributed by atoms with E-state index < -0.39 is 5.97 Å². The largest absolute Gasteiger partial charge is 0.497 e. The minimum Gasteiger partial charge on any atom is -0.497 e. The second kappa shape index (κ2) is 9.34. The lowest BCUT2D eigenvalue weighted by atomic mass is 9.77. The van der Waals surface area contributed by atoms with Gasteiger partial charge in [0.05, 0.1) is 44.6 Å². The van der Waals surface area contributed by atoms with Crippen molar-refractivity contribution in [3.05, 3.63) is 59.9 Å². The highest BCUT2D eigenvalue weighted by Gasteiger charge is 2.42. The number of rotatable bonds is 6. The van der Waals surface area contributed by atoms with Gasteiger partial charge in [-0.2, -0.15) is 0 Å². The highest BCUT2D eigenvalue weighted by molar-refractivity contribution is 6.22. The number of allylic oxidation sites excluding steroid dienone is 1. The van der Waals surface area contributed by atoms with Crippen LogP contribution in [0.2, 0.25) is 0 Å². The van der Waals surface area contributed by atoms with E-state index in [-0.39, 0.29) is 23.9 Å². The molecule has 32 heavy (non-hydrogen) atoms. The average Bonchev–Trinajstić information content (AvgIpc) is 2.83. The van der Waals surface area contributed by atoms with Crippen LogP contribution in [0.15, 0.2) is 48.7 Å². The molecule has 1 saturated carbocycles. The minimum absolute atomic E-state index is 0.0352. The van der Waals surface area contributed by atoms with Crippen molar-refractivity contribution in [2.45, 2.75) is 31.5 Å². The first kappa shape index (κ1) is 21.7. The summed E-state index contributed by atoms with van der Waals surface area (Å²) in [6, 6.07) is 12.3. The fourth-order valence-corrected chi connectivity index (χ4v) is 4.27. The summed E-state index contributed by atoms with van der Waals surface area (Å²) in [7, 11) is 4.62. The number of carbonyl (C=O) groups excluding carboxylic acids is 2. The summed E-state index contributed by atoms with van der Waals surface area (Å²) in [6.07, 6.45) is 2.47. The Balaban J connectivity index is 1.45. The summed E-state index contributed by atoms with van der Waals surface area (Å²) >= 11 is 0. The zero-order chi connectivity index (χ0) is 22.7. The van der Waals surface area contributed by atoms with Gasteiger partial charge in [-0.3, -0.25) is 4.79 Å². The number of ether oxygens (including phenoxy) is 5. The van der Waals surface area contributed by atoms with Gasteiger partial charge in [0.2, 0.25) is 0 Å². The normalized spacial score (nSPS) is 22.2. The smallest absolute Gasteiger partial charge is 0.338 e. The maximum atomic E-state index is 13.2. The number of hydrogen-bond donors (Lipinski definition) is 0. The second-order valence-corrected chi connectivity index (χ2v) is 7.82. The van der Waals surface area contributed by atoms with E-state index in [1.165, 1.54) is 20.5 Å². The Morgan fingerprint density at radius 3 is 2.38 bits per heavy atom. The van der Waals surface area contributed by atoms with E-state index >= 15 is 0 Å². The Morgan fingerprint density at radius 2 is 1.69 bits per heavy atom. The van der Waals surface area contributed by atoms with Crippen LogP contribution < -0.4 is 14.2 Å². The number of fused-ring (bicyclic) bond motifs is 1. The Kier molecular flexibility index (Phi) is 6.35. The molecule has 0 aromatic heterocycles. The lowest BCUT2D eigenvalue weighted by Crippen LogP contribution is -2.42. The lowest BCUT2D eigenvalue weighted by molar-refractivity contribution is -0.126. The molecule has 2 aliphatic rings. The van der Waals surface area contributed by atoms with Gasteiger partial charge >= 0.3 is 5.97 Å². The summed E-state index contributed by atoms with van der Waals surface area (Å²) < 4.78 is 27.5. The molecule has 7 nitrogen and oxygen atoms in total. The molecule has 0 spiro atoms. The summed E-state index contributed by atoms with van der Waals surface area (Å²) in [6.45, 7) is 0. The van der Waals surface area contributed by atoms with Crippen LogP contribution in [0, 0.1) is 5.92 Å². The van der Waals surface area contributed by atoms with Gasteiger partial charge in [-0.1, -0.05) is 18.2 Å². The van der Waals surface area contributed by atoms with Crippen molar-refractivity contribution >= 4 is 17.3 Å². The molecular formula is C25H26O7. The van der Waals surface area contributed by atoms with Crippen molar-refractivity contribution in [3.8, 4) is 17.2 Å². The molecule has 4 rings (SSSR count). The van der Waals surface area contributed by atoms with Crippen LogP contribution in [0.1, 0.15) is 35.2 Å². The van der Waals surface area contributed by atoms with Crippen molar-refractivity contribution in [1.82, 2.24) is 0 Å². The number of methoxy groups -OCH3 is 3. The number of benzene rings is 2. The first-order valence-electron chi connectivity index (χ1n) is 10.5. The topological polar surface area (TPSA) is 80.3 Å². The Labute approximate surface area is 186 Å². The molecule has 7 heteroatoms. The van der Waals surface area contributed by atoms with Gasteiger partial charge in [0.25, 0.3) is 0 Å². The molecule has 0 N–H and O–H groups in total. The predicted octanol–water partition coefficient (Wildman–Crippen LogP) is 4.05. The fraction of sp³-hybridized carbons (Fsp3) is 0.360. The quantitative estimate of drug-likeness (QED) is 0.630. The van der Waals surface area contributed by atoms with Crippen LogP contribution in [-0.2, 0) is 14.3 Å². The van der Waals surface area contributed by atoms with E-state index in [2.05, 4.69) is 0 Å².